The third-order valence-electron chi connectivity index (χ3n) is 3.57. The van der Waals surface area contributed by atoms with Crippen LogP contribution in [-0.4, -0.2) is 36.3 Å². The number of sulfonamides is 1. The van der Waals surface area contributed by atoms with E-state index in [4.69, 9.17) is 16.3 Å². The number of hydrogen-bond acceptors (Lipinski definition) is 5. The van der Waals surface area contributed by atoms with Gasteiger partial charge in [-0.25, -0.2) is 18.4 Å². The first kappa shape index (κ1) is 15.2. The zero-order valence-electron chi connectivity index (χ0n) is 11.9. The Kier molecular flexibility index (Phi) is 4.03. The summed E-state index contributed by atoms with van der Waals surface area (Å²) in [7, 11) is -2.27. The molecule has 2 aromatic rings. The van der Waals surface area contributed by atoms with E-state index in [1.807, 2.05) is 0 Å². The van der Waals surface area contributed by atoms with E-state index in [9.17, 15) is 8.42 Å². The van der Waals surface area contributed by atoms with Crippen LogP contribution in [0.25, 0.3) is 0 Å². The van der Waals surface area contributed by atoms with Crippen molar-refractivity contribution in [3.05, 3.63) is 47.0 Å². The predicted octanol–water partition coefficient (Wildman–Crippen LogP) is 1.89. The molecule has 1 aromatic heterocycles. The largest absolute Gasteiger partial charge is 0.495 e. The van der Waals surface area contributed by atoms with Crippen LogP contribution in [-0.2, 0) is 23.0 Å². The highest BCUT2D eigenvalue weighted by Gasteiger charge is 2.31. The van der Waals surface area contributed by atoms with Crippen LogP contribution in [0.15, 0.2) is 35.6 Å². The molecule has 1 aliphatic heterocycles. The molecule has 0 saturated carbocycles. The molecular weight excluding hydrogens is 326 g/mol. The molecular formula is C14H14ClN3O3S. The number of benzene rings is 1. The van der Waals surface area contributed by atoms with Crippen molar-refractivity contribution >= 4 is 21.6 Å². The van der Waals surface area contributed by atoms with Crippen LogP contribution in [0.3, 0.4) is 0 Å². The molecule has 0 spiro atoms. The van der Waals surface area contributed by atoms with Crippen LogP contribution in [0.5, 0.6) is 5.75 Å². The monoisotopic (exact) mass is 339 g/mol. The summed E-state index contributed by atoms with van der Waals surface area (Å²) >= 11 is 5.94. The van der Waals surface area contributed by atoms with Crippen molar-refractivity contribution in [2.24, 2.45) is 0 Å². The van der Waals surface area contributed by atoms with Crippen molar-refractivity contribution in [3.8, 4) is 5.75 Å². The average Bonchev–Trinajstić information content (AvgIpc) is 2.54. The van der Waals surface area contributed by atoms with Gasteiger partial charge in [-0.3, -0.25) is 0 Å². The molecule has 0 unspecified atom stereocenters. The average molecular weight is 340 g/mol. The van der Waals surface area contributed by atoms with E-state index < -0.39 is 10.0 Å². The third-order valence-corrected chi connectivity index (χ3v) is 5.67. The van der Waals surface area contributed by atoms with Gasteiger partial charge in [0.25, 0.3) is 0 Å². The molecule has 6 nitrogen and oxygen atoms in total. The Balaban J connectivity index is 2.00. The zero-order chi connectivity index (χ0) is 15.7. The minimum absolute atomic E-state index is 0.0720. The van der Waals surface area contributed by atoms with Gasteiger partial charge in [0, 0.05) is 42.0 Å². The van der Waals surface area contributed by atoms with E-state index in [2.05, 4.69) is 9.97 Å². The molecule has 116 valence electrons. The van der Waals surface area contributed by atoms with Crippen molar-refractivity contribution in [2.45, 2.75) is 17.9 Å². The molecule has 22 heavy (non-hydrogen) atoms. The van der Waals surface area contributed by atoms with E-state index in [1.54, 1.807) is 18.3 Å². The van der Waals surface area contributed by atoms with Gasteiger partial charge >= 0.3 is 0 Å². The smallest absolute Gasteiger partial charge is 0.247 e. The SMILES string of the molecule is COc1ccc(Cl)cc1S(=O)(=O)N1CCc2ncncc2C1. The number of fused-ring (bicyclic) bond motifs is 1. The van der Waals surface area contributed by atoms with Crippen LogP contribution < -0.4 is 4.74 Å². The van der Waals surface area contributed by atoms with E-state index in [0.29, 0.717) is 18.0 Å². The fraction of sp³-hybridized carbons (Fsp3) is 0.286. The first-order chi connectivity index (χ1) is 10.5. The second kappa shape index (κ2) is 5.83. The Morgan fingerprint density at radius 1 is 1.36 bits per heavy atom. The summed E-state index contributed by atoms with van der Waals surface area (Å²) < 4.78 is 32.3. The molecule has 2 heterocycles. The number of halogens is 1. The van der Waals surface area contributed by atoms with Crippen LogP contribution in [0, 0.1) is 0 Å². The molecule has 0 saturated heterocycles. The Hall–Kier alpha value is -1.70. The van der Waals surface area contributed by atoms with Crippen LogP contribution >= 0.6 is 11.6 Å². The van der Waals surface area contributed by atoms with Crippen LogP contribution in [0.2, 0.25) is 5.02 Å². The lowest BCUT2D eigenvalue weighted by Crippen LogP contribution is -2.36. The second-order valence-electron chi connectivity index (χ2n) is 4.88. The summed E-state index contributed by atoms with van der Waals surface area (Å²) in [5, 5.41) is 0.347. The quantitative estimate of drug-likeness (QED) is 0.853. The predicted molar refractivity (Wildman–Crippen MR) is 81.3 cm³/mol. The Labute approximate surface area is 133 Å². The van der Waals surface area contributed by atoms with Gasteiger partial charge in [-0.2, -0.15) is 4.31 Å². The molecule has 1 aliphatic rings. The molecule has 0 atom stereocenters. The standard InChI is InChI=1S/C14H14ClN3O3S/c1-21-13-3-2-11(15)6-14(13)22(19,20)18-5-4-12-10(8-18)7-16-9-17-12/h2-3,6-7,9H,4-5,8H2,1H3. The van der Waals surface area contributed by atoms with Gasteiger partial charge in [0.15, 0.2) is 0 Å². The molecule has 1 aromatic carbocycles. The molecule has 0 amide bonds. The van der Waals surface area contributed by atoms with E-state index in [0.717, 1.165) is 11.3 Å². The highest BCUT2D eigenvalue weighted by molar-refractivity contribution is 7.89. The molecule has 0 N–H and O–H groups in total. The molecule has 0 aliphatic carbocycles. The molecule has 0 radical (unpaired) electrons. The third kappa shape index (κ3) is 2.67. The van der Waals surface area contributed by atoms with Crippen molar-refractivity contribution in [3.63, 3.8) is 0 Å². The van der Waals surface area contributed by atoms with Gasteiger partial charge < -0.3 is 4.74 Å². The lowest BCUT2D eigenvalue weighted by Gasteiger charge is -2.27. The van der Waals surface area contributed by atoms with Gasteiger partial charge in [0.05, 0.1) is 7.11 Å². The summed E-state index contributed by atoms with van der Waals surface area (Å²) in [5.41, 5.74) is 1.71. The maximum Gasteiger partial charge on any atom is 0.247 e. The van der Waals surface area contributed by atoms with E-state index in [-0.39, 0.29) is 17.2 Å². The summed E-state index contributed by atoms with van der Waals surface area (Å²) in [6.07, 6.45) is 3.68. The van der Waals surface area contributed by atoms with Gasteiger partial charge in [-0.1, -0.05) is 11.6 Å². The lowest BCUT2D eigenvalue weighted by atomic mass is 10.1. The zero-order valence-corrected chi connectivity index (χ0v) is 13.4. The fourth-order valence-electron chi connectivity index (χ4n) is 2.44. The Morgan fingerprint density at radius 3 is 2.95 bits per heavy atom. The molecule has 0 fully saturated rings. The first-order valence-corrected chi connectivity index (χ1v) is 8.45. The summed E-state index contributed by atoms with van der Waals surface area (Å²) in [4.78, 5) is 8.21. The fourth-order valence-corrected chi connectivity index (χ4v) is 4.27. The molecule has 3 rings (SSSR count). The van der Waals surface area contributed by atoms with Gasteiger partial charge in [0.1, 0.15) is 17.0 Å². The van der Waals surface area contributed by atoms with Crippen molar-refractivity contribution in [2.75, 3.05) is 13.7 Å². The normalized spacial score (nSPS) is 15.4. The van der Waals surface area contributed by atoms with Crippen molar-refractivity contribution in [1.82, 2.24) is 14.3 Å². The van der Waals surface area contributed by atoms with Gasteiger partial charge in [-0.05, 0) is 18.2 Å². The lowest BCUT2D eigenvalue weighted by molar-refractivity contribution is 0.375. The number of hydrogen-bond donors (Lipinski definition) is 0. The Morgan fingerprint density at radius 2 is 2.18 bits per heavy atom. The van der Waals surface area contributed by atoms with Crippen molar-refractivity contribution < 1.29 is 13.2 Å². The minimum atomic E-state index is -3.70. The van der Waals surface area contributed by atoms with E-state index >= 15 is 0 Å². The van der Waals surface area contributed by atoms with Crippen LogP contribution in [0.4, 0.5) is 0 Å². The Bertz CT molecular complexity index is 811. The number of methoxy groups -OCH3 is 1. The highest BCUT2D eigenvalue weighted by atomic mass is 35.5. The van der Waals surface area contributed by atoms with Crippen LogP contribution in [0.1, 0.15) is 11.3 Å². The second-order valence-corrected chi connectivity index (χ2v) is 7.22. The topological polar surface area (TPSA) is 72.4 Å². The maximum absolute atomic E-state index is 12.9. The summed E-state index contributed by atoms with van der Waals surface area (Å²) in [6, 6.07) is 4.56. The number of aromatic nitrogens is 2. The molecule has 0 bridgehead atoms. The molecule has 8 heteroatoms. The van der Waals surface area contributed by atoms with Crippen molar-refractivity contribution in [1.29, 1.82) is 0 Å². The van der Waals surface area contributed by atoms with Gasteiger partial charge in [-0.15, -0.1) is 0 Å². The summed E-state index contributed by atoms with van der Waals surface area (Å²) in [5.74, 6) is 0.277. The maximum atomic E-state index is 12.9. The van der Waals surface area contributed by atoms with Gasteiger partial charge in [0.2, 0.25) is 10.0 Å². The highest BCUT2D eigenvalue weighted by Crippen LogP contribution is 2.31. The number of nitrogens with zero attached hydrogens (tertiary/aromatic N) is 3. The number of rotatable bonds is 3. The first-order valence-electron chi connectivity index (χ1n) is 6.64. The minimum Gasteiger partial charge on any atom is -0.495 e. The summed E-state index contributed by atoms with van der Waals surface area (Å²) in [6.45, 7) is 0.607. The number of ether oxygens (including phenoxy) is 1. The van der Waals surface area contributed by atoms with E-state index in [1.165, 1.54) is 23.8 Å².